The van der Waals surface area contributed by atoms with E-state index in [2.05, 4.69) is 33.5 Å². The van der Waals surface area contributed by atoms with Crippen molar-refractivity contribution in [3.8, 4) is 0 Å². The summed E-state index contributed by atoms with van der Waals surface area (Å²) in [6.07, 6.45) is 8.16. The van der Waals surface area contributed by atoms with Gasteiger partial charge in [0.1, 0.15) is 6.61 Å². The van der Waals surface area contributed by atoms with Crippen LogP contribution in [0.25, 0.3) is 0 Å². The lowest BCUT2D eigenvalue weighted by Gasteiger charge is -2.50. The molecule has 0 bridgehead atoms. The van der Waals surface area contributed by atoms with Crippen molar-refractivity contribution in [3.63, 3.8) is 0 Å². The number of allylic oxidation sites excluding steroid dienone is 1. The maximum absolute atomic E-state index is 12.8. The molecule has 2 aromatic rings. The normalized spacial score (nSPS) is 18.8. The highest BCUT2D eigenvalue weighted by molar-refractivity contribution is 5.79. The summed E-state index contributed by atoms with van der Waals surface area (Å²) in [4.78, 5) is 25.2. The van der Waals surface area contributed by atoms with Crippen LogP contribution >= 0.6 is 0 Å². The van der Waals surface area contributed by atoms with Crippen molar-refractivity contribution < 1.29 is 9.53 Å². The van der Waals surface area contributed by atoms with Crippen LogP contribution in [0.1, 0.15) is 35.5 Å². The van der Waals surface area contributed by atoms with Crippen molar-refractivity contribution in [2.45, 2.75) is 44.8 Å². The SMILES string of the molecule is C=CCn1ncc(CN2CCC3(CC2)c2nc[nH]c2CCN3C(=O)COC)c1C. The van der Waals surface area contributed by atoms with Crippen LogP contribution in [-0.2, 0) is 34.6 Å². The van der Waals surface area contributed by atoms with Gasteiger partial charge in [-0.15, -0.1) is 6.58 Å². The zero-order chi connectivity index (χ0) is 20.4. The largest absolute Gasteiger partial charge is 0.375 e. The number of fused-ring (bicyclic) bond motifs is 2. The number of H-pyrrole nitrogens is 1. The van der Waals surface area contributed by atoms with E-state index in [-0.39, 0.29) is 18.1 Å². The number of aromatic nitrogens is 4. The number of hydrogen-bond acceptors (Lipinski definition) is 5. The number of carbonyl (C=O) groups excluding carboxylic acids is 1. The molecule has 1 fully saturated rings. The second-order valence-corrected chi connectivity index (χ2v) is 7.99. The average molecular weight is 399 g/mol. The Morgan fingerprint density at radius 1 is 1.38 bits per heavy atom. The van der Waals surface area contributed by atoms with E-state index in [4.69, 9.17) is 4.74 Å². The van der Waals surface area contributed by atoms with Crippen LogP contribution in [-0.4, -0.2) is 68.8 Å². The molecule has 0 radical (unpaired) electrons. The van der Waals surface area contributed by atoms with Gasteiger partial charge in [0, 0.05) is 56.7 Å². The smallest absolute Gasteiger partial charge is 0.249 e. The quantitative estimate of drug-likeness (QED) is 0.748. The third-order valence-electron chi connectivity index (χ3n) is 6.41. The molecular formula is C21H30N6O2. The van der Waals surface area contributed by atoms with E-state index in [1.807, 2.05) is 21.9 Å². The van der Waals surface area contributed by atoms with Crippen molar-refractivity contribution in [2.75, 3.05) is 33.4 Å². The van der Waals surface area contributed by atoms with E-state index in [1.54, 1.807) is 13.4 Å². The lowest BCUT2D eigenvalue weighted by Crippen LogP contribution is -2.58. The Morgan fingerprint density at radius 3 is 2.90 bits per heavy atom. The molecule has 1 spiro atoms. The van der Waals surface area contributed by atoms with Crippen LogP contribution in [0.2, 0.25) is 0 Å². The molecular weight excluding hydrogens is 368 g/mol. The number of nitrogens with zero attached hydrogens (tertiary/aromatic N) is 5. The molecule has 1 amide bonds. The zero-order valence-corrected chi connectivity index (χ0v) is 17.4. The first-order valence-electron chi connectivity index (χ1n) is 10.3. The summed E-state index contributed by atoms with van der Waals surface area (Å²) < 4.78 is 7.13. The van der Waals surface area contributed by atoms with E-state index in [1.165, 1.54) is 17.0 Å². The molecule has 8 nitrogen and oxygen atoms in total. The number of nitrogens with one attached hydrogen (secondary N) is 1. The second-order valence-electron chi connectivity index (χ2n) is 7.99. The zero-order valence-electron chi connectivity index (χ0n) is 17.4. The van der Waals surface area contributed by atoms with Gasteiger partial charge in [-0.05, 0) is 19.8 Å². The number of carbonyl (C=O) groups is 1. The minimum absolute atomic E-state index is 0.0520. The summed E-state index contributed by atoms with van der Waals surface area (Å²) in [7, 11) is 1.58. The standard InChI is InChI=1S/C21H30N6O2/c1-4-8-27-16(2)17(12-24-27)13-25-10-6-21(7-11-25)20-18(22-15-23-20)5-9-26(21)19(28)14-29-3/h4,12,15H,1,5-11,13-14H2,2-3H3,(H,22,23). The van der Waals surface area contributed by atoms with E-state index >= 15 is 0 Å². The molecule has 0 aliphatic carbocycles. The van der Waals surface area contributed by atoms with Gasteiger partial charge in [-0.25, -0.2) is 4.98 Å². The first-order valence-corrected chi connectivity index (χ1v) is 10.3. The fourth-order valence-electron chi connectivity index (χ4n) is 4.82. The van der Waals surface area contributed by atoms with Gasteiger partial charge in [0.25, 0.3) is 0 Å². The van der Waals surface area contributed by atoms with Gasteiger partial charge in [0.15, 0.2) is 0 Å². The predicted molar refractivity (Wildman–Crippen MR) is 109 cm³/mol. The number of amides is 1. The highest BCUT2D eigenvalue weighted by Gasteiger charge is 2.48. The van der Waals surface area contributed by atoms with E-state index < -0.39 is 0 Å². The maximum Gasteiger partial charge on any atom is 0.249 e. The molecule has 0 aromatic carbocycles. The molecule has 4 heterocycles. The van der Waals surface area contributed by atoms with Gasteiger partial charge in [-0.3, -0.25) is 14.4 Å². The Labute approximate surface area is 171 Å². The van der Waals surface area contributed by atoms with Gasteiger partial charge < -0.3 is 14.6 Å². The first kappa shape index (κ1) is 19.8. The molecule has 0 unspecified atom stereocenters. The molecule has 2 aliphatic rings. The van der Waals surface area contributed by atoms with Crippen molar-refractivity contribution in [2.24, 2.45) is 0 Å². The van der Waals surface area contributed by atoms with Gasteiger partial charge >= 0.3 is 0 Å². The Morgan fingerprint density at radius 2 is 2.17 bits per heavy atom. The van der Waals surface area contributed by atoms with Crippen molar-refractivity contribution in [3.05, 3.63) is 47.8 Å². The number of piperidine rings is 1. The average Bonchev–Trinajstić information content (AvgIpc) is 3.33. The maximum atomic E-state index is 12.8. The summed E-state index contributed by atoms with van der Waals surface area (Å²) in [5, 5.41) is 4.47. The number of aromatic amines is 1. The third-order valence-corrected chi connectivity index (χ3v) is 6.41. The van der Waals surface area contributed by atoms with Crippen LogP contribution in [0.5, 0.6) is 0 Å². The fraction of sp³-hybridized carbons (Fsp3) is 0.571. The van der Waals surface area contributed by atoms with Crippen LogP contribution in [0.4, 0.5) is 0 Å². The molecule has 0 atom stereocenters. The third kappa shape index (κ3) is 3.51. The number of rotatable bonds is 6. The summed E-state index contributed by atoms with van der Waals surface area (Å²) in [6, 6.07) is 0. The minimum atomic E-state index is -0.332. The van der Waals surface area contributed by atoms with Crippen LogP contribution in [0.15, 0.2) is 25.2 Å². The second kappa shape index (κ2) is 8.12. The van der Waals surface area contributed by atoms with E-state index in [9.17, 15) is 4.79 Å². The molecule has 1 saturated heterocycles. The van der Waals surface area contributed by atoms with Crippen LogP contribution in [0, 0.1) is 6.92 Å². The molecule has 1 N–H and O–H groups in total. The highest BCUT2D eigenvalue weighted by Crippen LogP contribution is 2.42. The Balaban J connectivity index is 1.51. The minimum Gasteiger partial charge on any atom is -0.375 e. The summed E-state index contributed by atoms with van der Waals surface area (Å²) in [5.41, 5.74) is 4.32. The van der Waals surface area contributed by atoms with Gasteiger partial charge in [-0.2, -0.15) is 5.10 Å². The molecule has 4 rings (SSSR count). The van der Waals surface area contributed by atoms with Crippen molar-refractivity contribution in [1.82, 2.24) is 29.5 Å². The van der Waals surface area contributed by atoms with E-state index in [0.717, 1.165) is 51.1 Å². The van der Waals surface area contributed by atoms with Gasteiger partial charge in [-0.1, -0.05) is 6.08 Å². The Hall–Kier alpha value is -2.45. The first-order chi connectivity index (χ1) is 14.1. The van der Waals surface area contributed by atoms with Gasteiger partial charge in [0.05, 0.1) is 30.3 Å². The molecule has 0 saturated carbocycles. The molecule has 8 heteroatoms. The predicted octanol–water partition coefficient (Wildman–Crippen LogP) is 1.62. The summed E-state index contributed by atoms with van der Waals surface area (Å²) in [6.45, 7) is 10.2. The Bertz CT molecular complexity index is 878. The van der Waals surface area contributed by atoms with E-state index in [0.29, 0.717) is 6.54 Å². The van der Waals surface area contributed by atoms with Crippen LogP contribution in [0.3, 0.4) is 0 Å². The molecule has 2 aliphatic heterocycles. The van der Waals surface area contributed by atoms with Crippen molar-refractivity contribution >= 4 is 5.91 Å². The summed E-state index contributed by atoms with van der Waals surface area (Å²) >= 11 is 0. The molecule has 156 valence electrons. The summed E-state index contributed by atoms with van der Waals surface area (Å²) in [5.74, 6) is 0.0520. The number of methoxy groups -OCH3 is 1. The lowest BCUT2D eigenvalue weighted by atomic mass is 9.78. The fourth-order valence-corrected chi connectivity index (χ4v) is 4.82. The van der Waals surface area contributed by atoms with Crippen LogP contribution < -0.4 is 0 Å². The molecule has 2 aromatic heterocycles. The number of ether oxygens (including phenoxy) is 1. The monoisotopic (exact) mass is 398 g/mol. The Kier molecular flexibility index (Phi) is 5.56. The number of imidazole rings is 1. The lowest BCUT2D eigenvalue weighted by molar-refractivity contribution is -0.146. The van der Waals surface area contributed by atoms with Crippen molar-refractivity contribution in [1.29, 1.82) is 0 Å². The number of hydrogen-bond donors (Lipinski definition) is 1. The number of likely N-dealkylation sites (tertiary alicyclic amines) is 1. The molecule has 29 heavy (non-hydrogen) atoms. The highest BCUT2D eigenvalue weighted by atomic mass is 16.5. The van der Waals surface area contributed by atoms with Gasteiger partial charge in [0.2, 0.25) is 5.91 Å². The topological polar surface area (TPSA) is 79.3 Å².